The van der Waals surface area contributed by atoms with Gasteiger partial charge in [0.25, 0.3) is 0 Å². The van der Waals surface area contributed by atoms with Gasteiger partial charge in [0.1, 0.15) is 5.76 Å². The zero-order chi connectivity index (χ0) is 13.9. The molecule has 1 aliphatic rings. The van der Waals surface area contributed by atoms with Crippen molar-refractivity contribution in [3.05, 3.63) is 53.5 Å². The van der Waals surface area contributed by atoms with E-state index in [1.807, 2.05) is 6.26 Å². The molecule has 3 heteroatoms. The van der Waals surface area contributed by atoms with Crippen LogP contribution in [0.25, 0.3) is 0 Å². The van der Waals surface area contributed by atoms with E-state index in [1.165, 1.54) is 29.7 Å². The van der Waals surface area contributed by atoms with Gasteiger partial charge in [0.15, 0.2) is 0 Å². The van der Waals surface area contributed by atoms with E-state index in [0.29, 0.717) is 0 Å². The summed E-state index contributed by atoms with van der Waals surface area (Å²) in [5, 5.41) is 3.50. The molecule has 0 spiro atoms. The minimum atomic E-state index is 0.739. The van der Waals surface area contributed by atoms with Crippen molar-refractivity contribution in [3.63, 3.8) is 0 Å². The Labute approximate surface area is 120 Å². The molecule has 0 aliphatic heterocycles. The third-order valence-corrected chi connectivity index (χ3v) is 3.75. The van der Waals surface area contributed by atoms with Crippen LogP contribution in [0.3, 0.4) is 0 Å². The Morgan fingerprint density at radius 3 is 2.70 bits per heavy atom. The number of aryl methyl sites for hydroxylation is 1. The van der Waals surface area contributed by atoms with Crippen LogP contribution in [0.1, 0.15) is 29.7 Å². The number of nitrogens with zero attached hydrogens (tertiary/aromatic N) is 1. The van der Waals surface area contributed by atoms with Crippen LogP contribution in [0.5, 0.6) is 0 Å². The maximum atomic E-state index is 5.65. The number of hydrogen-bond donors (Lipinski definition) is 1. The van der Waals surface area contributed by atoms with Crippen LogP contribution in [-0.2, 0) is 13.1 Å². The van der Waals surface area contributed by atoms with Crippen molar-refractivity contribution in [2.75, 3.05) is 11.9 Å². The van der Waals surface area contributed by atoms with Gasteiger partial charge in [-0.15, -0.1) is 0 Å². The molecule has 1 saturated carbocycles. The molecule has 1 N–H and O–H groups in total. The van der Waals surface area contributed by atoms with Gasteiger partial charge in [0.05, 0.1) is 12.8 Å². The normalized spacial score (nSPS) is 14.5. The number of rotatable bonds is 6. The molecule has 0 amide bonds. The monoisotopic (exact) mass is 270 g/mol. The number of nitrogens with one attached hydrogen (secondary N) is 1. The topological polar surface area (TPSA) is 28.4 Å². The zero-order valence-electron chi connectivity index (χ0n) is 12.2. The molecule has 2 aromatic rings. The molecule has 0 atom stereocenters. The Kier molecular flexibility index (Phi) is 3.79. The summed E-state index contributed by atoms with van der Waals surface area (Å²) >= 11 is 0. The lowest BCUT2D eigenvalue weighted by atomic mass is 10.2. The fourth-order valence-electron chi connectivity index (χ4n) is 2.28. The molecule has 1 heterocycles. The Balaban J connectivity index is 1.57. The van der Waals surface area contributed by atoms with Crippen LogP contribution in [0, 0.1) is 6.92 Å². The first kappa shape index (κ1) is 13.3. The second-order valence-corrected chi connectivity index (χ2v) is 5.77. The molecule has 1 aliphatic carbocycles. The summed E-state index contributed by atoms with van der Waals surface area (Å²) in [6.45, 7) is 3.82. The van der Waals surface area contributed by atoms with E-state index in [-0.39, 0.29) is 0 Å². The van der Waals surface area contributed by atoms with Crippen molar-refractivity contribution >= 4 is 5.69 Å². The Morgan fingerprint density at radius 1 is 1.25 bits per heavy atom. The fourth-order valence-corrected chi connectivity index (χ4v) is 2.28. The molecular formula is C17H22N2O. The number of furan rings is 1. The van der Waals surface area contributed by atoms with Crippen molar-refractivity contribution in [2.24, 2.45) is 0 Å². The minimum Gasteiger partial charge on any atom is -0.467 e. The van der Waals surface area contributed by atoms with Crippen LogP contribution >= 0.6 is 0 Å². The molecule has 3 rings (SSSR count). The van der Waals surface area contributed by atoms with Crippen molar-refractivity contribution in [1.29, 1.82) is 0 Å². The van der Waals surface area contributed by atoms with Gasteiger partial charge in [-0.2, -0.15) is 0 Å². The second-order valence-electron chi connectivity index (χ2n) is 5.77. The summed E-state index contributed by atoms with van der Waals surface area (Å²) in [5.41, 5.74) is 3.74. The van der Waals surface area contributed by atoms with Gasteiger partial charge in [-0.05, 0) is 38.0 Å². The van der Waals surface area contributed by atoms with E-state index in [1.54, 1.807) is 0 Å². The Morgan fingerprint density at radius 2 is 2.00 bits per heavy atom. The van der Waals surface area contributed by atoms with E-state index in [4.69, 9.17) is 4.42 Å². The first-order valence-electron chi connectivity index (χ1n) is 7.28. The predicted octanol–water partition coefficient (Wildman–Crippen LogP) is 3.48. The molecule has 1 aromatic carbocycles. The van der Waals surface area contributed by atoms with Crippen LogP contribution < -0.4 is 10.2 Å². The highest BCUT2D eigenvalue weighted by Gasteiger charge is 2.20. The maximum absolute atomic E-state index is 5.65. The number of hydrogen-bond acceptors (Lipinski definition) is 3. The van der Waals surface area contributed by atoms with Gasteiger partial charge in [-0.1, -0.05) is 17.7 Å². The van der Waals surface area contributed by atoms with E-state index in [9.17, 15) is 0 Å². The Hall–Kier alpha value is -1.74. The lowest BCUT2D eigenvalue weighted by Gasteiger charge is -2.17. The fraction of sp³-hybridized carbons (Fsp3) is 0.412. The molecule has 0 bridgehead atoms. The maximum Gasteiger partial charge on any atom is 0.123 e. The number of anilines is 1. The molecular weight excluding hydrogens is 248 g/mol. The van der Waals surface area contributed by atoms with E-state index >= 15 is 0 Å². The molecule has 20 heavy (non-hydrogen) atoms. The van der Waals surface area contributed by atoms with Gasteiger partial charge in [-0.25, -0.2) is 0 Å². The molecule has 1 fully saturated rings. The predicted molar refractivity (Wildman–Crippen MR) is 81.9 cm³/mol. The van der Waals surface area contributed by atoms with E-state index in [2.05, 4.69) is 54.5 Å². The highest BCUT2D eigenvalue weighted by atomic mass is 16.3. The summed E-state index contributed by atoms with van der Waals surface area (Å²) in [6, 6.07) is 11.5. The smallest absolute Gasteiger partial charge is 0.123 e. The first-order chi connectivity index (χ1) is 9.70. The quantitative estimate of drug-likeness (QED) is 0.871. The number of benzene rings is 1. The van der Waals surface area contributed by atoms with Crippen LogP contribution in [0.4, 0.5) is 5.69 Å². The van der Waals surface area contributed by atoms with Crippen molar-refractivity contribution < 1.29 is 4.42 Å². The second kappa shape index (κ2) is 5.71. The van der Waals surface area contributed by atoms with Crippen molar-refractivity contribution in [2.45, 2.75) is 38.9 Å². The van der Waals surface area contributed by atoms with E-state index < -0.39 is 0 Å². The highest BCUT2D eigenvalue weighted by Crippen LogP contribution is 2.20. The summed E-state index contributed by atoms with van der Waals surface area (Å²) in [4.78, 5) is 2.20. The summed E-state index contributed by atoms with van der Waals surface area (Å²) in [5.74, 6) is 1.01. The van der Waals surface area contributed by atoms with Crippen LogP contribution in [0.15, 0.2) is 41.0 Å². The van der Waals surface area contributed by atoms with E-state index in [0.717, 1.165) is 24.9 Å². The zero-order valence-corrected chi connectivity index (χ0v) is 12.2. The Bertz CT molecular complexity index is 555. The van der Waals surface area contributed by atoms with Gasteiger partial charge in [-0.3, -0.25) is 0 Å². The summed E-state index contributed by atoms with van der Waals surface area (Å²) in [6.07, 6.45) is 4.51. The van der Waals surface area contributed by atoms with Gasteiger partial charge in [0.2, 0.25) is 0 Å². The average Bonchev–Trinajstić information content (AvgIpc) is 3.17. The third kappa shape index (κ3) is 3.42. The molecule has 3 nitrogen and oxygen atoms in total. The minimum absolute atomic E-state index is 0.739. The molecule has 0 saturated heterocycles. The van der Waals surface area contributed by atoms with Crippen LogP contribution in [-0.4, -0.2) is 13.1 Å². The van der Waals surface area contributed by atoms with Gasteiger partial charge in [0, 0.05) is 30.9 Å². The van der Waals surface area contributed by atoms with Crippen molar-refractivity contribution in [1.82, 2.24) is 5.32 Å². The molecule has 0 radical (unpaired) electrons. The summed E-state index contributed by atoms with van der Waals surface area (Å²) in [7, 11) is 2.09. The third-order valence-electron chi connectivity index (χ3n) is 3.75. The SMILES string of the molecule is Cc1ccc(N(C)Cc2cc(CNC3CC3)co2)cc1. The largest absolute Gasteiger partial charge is 0.467 e. The standard InChI is InChI=1S/C17H22N2O/c1-13-3-7-16(8-4-13)19(2)11-17-9-14(12-20-17)10-18-15-5-6-15/h3-4,7-9,12,15,18H,5-6,10-11H2,1-2H3. The lowest BCUT2D eigenvalue weighted by Crippen LogP contribution is -2.16. The first-order valence-corrected chi connectivity index (χ1v) is 7.28. The highest BCUT2D eigenvalue weighted by molar-refractivity contribution is 5.46. The van der Waals surface area contributed by atoms with Gasteiger partial charge < -0.3 is 14.6 Å². The van der Waals surface area contributed by atoms with Gasteiger partial charge >= 0.3 is 0 Å². The molecule has 106 valence electrons. The van der Waals surface area contributed by atoms with Crippen LogP contribution in [0.2, 0.25) is 0 Å². The molecule has 0 unspecified atom stereocenters. The average molecular weight is 270 g/mol. The van der Waals surface area contributed by atoms with Crippen molar-refractivity contribution in [3.8, 4) is 0 Å². The molecule has 1 aromatic heterocycles. The lowest BCUT2D eigenvalue weighted by molar-refractivity contribution is 0.504. The summed E-state index contributed by atoms with van der Waals surface area (Å²) < 4.78 is 5.65.